The van der Waals surface area contributed by atoms with Crippen molar-refractivity contribution in [2.24, 2.45) is 0 Å². The number of rotatable bonds is 7. The summed E-state index contributed by atoms with van der Waals surface area (Å²) in [5, 5.41) is 5.33. The molecule has 0 spiro atoms. The van der Waals surface area contributed by atoms with Gasteiger partial charge < -0.3 is 20.1 Å². The minimum absolute atomic E-state index is 0.236. The van der Waals surface area contributed by atoms with Gasteiger partial charge in [-0.05, 0) is 30.2 Å². The second-order valence-electron chi connectivity index (χ2n) is 5.23. The fraction of sp³-hybridized carbons (Fsp3) is 0.235. The Kier molecular flexibility index (Phi) is 4.90. The number of pyridine rings is 1. The zero-order valence-electron chi connectivity index (χ0n) is 12.9. The van der Waals surface area contributed by atoms with Crippen LogP contribution in [0.4, 0.5) is 0 Å². The molecule has 7 nitrogen and oxygen atoms in total. The van der Waals surface area contributed by atoms with Crippen LogP contribution >= 0.6 is 0 Å². The summed E-state index contributed by atoms with van der Waals surface area (Å²) in [5.74, 6) is 1.17. The summed E-state index contributed by atoms with van der Waals surface area (Å²) in [6.45, 7) is 0.676. The van der Waals surface area contributed by atoms with Crippen LogP contribution in [0.5, 0.6) is 11.5 Å². The van der Waals surface area contributed by atoms with Gasteiger partial charge in [0.15, 0.2) is 11.5 Å². The summed E-state index contributed by atoms with van der Waals surface area (Å²) in [5.41, 5.74) is 1.66. The molecule has 3 rings (SSSR count). The SMILES string of the molecule is O=CNC(C(=O)NCCc1ccc2c(c1)OCO2)c1cccnc1. The fourth-order valence-corrected chi connectivity index (χ4v) is 2.47. The summed E-state index contributed by atoms with van der Waals surface area (Å²) >= 11 is 0. The second kappa shape index (κ2) is 7.45. The van der Waals surface area contributed by atoms with Crippen molar-refractivity contribution in [3.8, 4) is 11.5 Å². The van der Waals surface area contributed by atoms with Gasteiger partial charge in [-0.25, -0.2) is 0 Å². The molecule has 0 bridgehead atoms. The van der Waals surface area contributed by atoms with E-state index in [-0.39, 0.29) is 12.7 Å². The fourth-order valence-electron chi connectivity index (χ4n) is 2.47. The van der Waals surface area contributed by atoms with Gasteiger partial charge in [-0.15, -0.1) is 0 Å². The second-order valence-corrected chi connectivity index (χ2v) is 5.23. The Morgan fingerprint density at radius 3 is 2.96 bits per heavy atom. The van der Waals surface area contributed by atoms with Crippen LogP contribution < -0.4 is 20.1 Å². The molecule has 0 radical (unpaired) electrons. The highest BCUT2D eigenvalue weighted by atomic mass is 16.7. The molecule has 0 saturated carbocycles. The maximum atomic E-state index is 12.3. The lowest BCUT2D eigenvalue weighted by Gasteiger charge is -2.16. The zero-order chi connectivity index (χ0) is 16.8. The summed E-state index contributed by atoms with van der Waals surface area (Å²) < 4.78 is 10.6. The van der Waals surface area contributed by atoms with Gasteiger partial charge in [0.25, 0.3) is 0 Å². The Labute approximate surface area is 139 Å². The molecule has 2 amide bonds. The van der Waals surface area contributed by atoms with Crippen LogP contribution in [0.15, 0.2) is 42.7 Å². The van der Waals surface area contributed by atoms with Crippen molar-refractivity contribution in [2.75, 3.05) is 13.3 Å². The number of nitrogens with zero attached hydrogens (tertiary/aromatic N) is 1. The van der Waals surface area contributed by atoms with Crippen LogP contribution in [0, 0.1) is 0 Å². The minimum Gasteiger partial charge on any atom is -0.454 e. The van der Waals surface area contributed by atoms with Gasteiger partial charge in [0.1, 0.15) is 6.04 Å². The van der Waals surface area contributed by atoms with E-state index in [0.29, 0.717) is 24.9 Å². The van der Waals surface area contributed by atoms with E-state index >= 15 is 0 Å². The molecular weight excluding hydrogens is 310 g/mol. The maximum Gasteiger partial charge on any atom is 0.247 e. The molecule has 1 aromatic carbocycles. The van der Waals surface area contributed by atoms with Gasteiger partial charge >= 0.3 is 0 Å². The molecular formula is C17H17N3O4. The molecule has 24 heavy (non-hydrogen) atoms. The van der Waals surface area contributed by atoms with E-state index < -0.39 is 6.04 Å². The van der Waals surface area contributed by atoms with Crippen LogP contribution in [0.25, 0.3) is 0 Å². The number of carbonyl (C=O) groups is 2. The molecule has 1 atom stereocenters. The number of benzene rings is 1. The number of carbonyl (C=O) groups excluding carboxylic acids is 2. The van der Waals surface area contributed by atoms with Gasteiger partial charge in [0.05, 0.1) is 0 Å². The lowest BCUT2D eigenvalue weighted by Crippen LogP contribution is -2.38. The number of amides is 2. The van der Waals surface area contributed by atoms with E-state index in [4.69, 9.17) is 9.47 Å². The van der Waals surface area contributed by atoms with Crippen molar-refractivity contribution in [3.05, 3.63) is 53.9 Å². The first-order chi connectivity index (χ1) is 11.8. The van der Waals surface area contributed by atoms with Crippen LogP contribution in [0.3, 0.4) is 0 Å². The molecule has 0 fully saturated rings. The van der Waals surface area contributed by atoms with Crippen LogP contribution in [0.2, 0.25) is 0 Å². The number of hydrogen-bond donors (Lipinski definition) is 2. The van der Waals surface area contributed by atoms with E-state index in [1.807, 2.05) is 18.2 Å². The molecule has 2 N–H and O–H groups in total. The Balaban J connectivity index is 1.57. The first-order valence-electron chi connectivity index (χ1n) is 7.54. The van der Waals surface area contributed by atoms with Gasteiger partial charge in [0, 0.05) is 24.5 Å². The molecule has 7 heteroatoms. The summed E-state index contributed by atoms with van der Waals surface area (Å²) in [6.07, 6.45) is 4.32. The zero-order valence-corrected chi connectivity index (χ0v) is 12.9. The lowest BCUT2D eigenvalue weighted by molar-refractivity contribution is -0.125. The van der Waals surface area contributed by atoms with Crippen molar-refractivity contribution < 1.29 is 19.1 Å². The first-order valence-corrected chi connectivity index (χ1v) is 7.54. The number of fused-ring (bicyclic) bond motifs is 1. The monoisotopic (exact) mass is 327 g/mol. The Morgan fingerprint density at radius 1 is 1.29 bits per heavy atom. The van der Waals surface area contributed by atoms with Crippen LogP contribution in [-0.2, 0) is 16.0 Å². The Morgan fingerprint density at radius 2 is 2.17 bits per heavy atom. The predicted octanol–water partition coefficient (Wildman–Crippen LogP) is 0.956. The van der Waals surface area contributed by atoms with Crippen LogP contribution in [0.1, 0.15) is 17.2 Å². The van der Waals surface area contributed by atoms with Gasteiger partial charge in [-0.2, -0.15) is 0 Å². The third kappa shape index (κ3) is 3.62. The molecule has 1 unspecified atom stereocenters. The number of aromatic nitrogens is 1. The maximum absolute atomic E-state index is 12.3. The Hall–Kier alpha value is -3.09. The number of nitrogens with one attached hydrogen (secondary N) is 2. The van der Waals surface area contributed by atoms with Crippen molar-refractivity contribution in [3.63, 3.8) is 0 Å². The van der Waals surface area contributed by atoms with Crippen molar-refractivity contribution in [2.45, 2.75) is 12.5 Å². The van der Waals surface area contributed by atoms with Gasteiger partial charge in [-0.1, -0.05) is 12.1 Å². The smallest absolute Gasteiger partial charge is 0.247 e. The number of hydrogen-bond acceptors (Lipinski definition) is 5. The largest absolute Gasteiger partial charge is 0.454 e. The summed E-state index contributed by atoms with van der Waals surface area (Å²) in [6, 6.07) is 8.39. The number of ether oxygens (including phenoxy) is 2. The van der Waals surface area contributed by atoms with Gasteiger partial charge in [0.2, 0.25) is 19.1 Å². The van der Waals surface area contributed by atoms with E-state index in [1.165, 1.54) is 0 Å². The van der Waals surface area contributed by atoms with Gasteiger partial charge in [-0.3, -0.25) is 14.6 Å². The Bertz CT molecular complexity index is 721. The molecule has 1 aliphatic heterocycles. The summed E-state index contributed by atoms with van der Waals surface area (Å²) in [4.78, 5) is 27.0. The van der Waals surface area contributed by atoms with E-state index in [1.54, 1.807) is 24.5 Å². The standard InChI is InChI=1S/C17H17N3O4/c21-10-20-16(13-2-1-6-18-9-13)17(22)19-7-5-12-3-4-14-15(8-12)24-11-23-14/h1-4,6,8-10,16H,5,7,11H2,(H,19,22)(H,20,21). The molecule has 0 aliphatic carbocycles. The van der Waals surface area contributed by atoms with E-state index in [2.05, 4.69) is 15.6 Å². The van der Waals surface area contributed by atoms with E-state index in [0.717, 1.165) is 17.1 Å². The minimum atomic E-state index is -0.757. The summed E-state index contributed by atoms with van der Waals surface area (Å²) in [7, 11) is 0. The highest BCUT2D eigenvalue weighted by molar-refractivity contribution is 5.84. The lowest BCUT2D eigenvalue weighted by atomic mass is 10.1. The molecule has 0 saturated heterocycles. The van der Waals surface area contributed by atoms with Crippen molar-refractivity contribution >= 4 is 12.3 Å². The molecule has 1 aliphatic rings. The normalized spacial score (nSPS) is 13.2. The average molecular weight is 327 g/mol. The highest BCUT2D eigenvalue weighted by Crippen LogP contribution is 2.32. The van der Waals surface area contributed by atoms with E-state index in [9.17, 15) is 9.59 Å². The topological polar surface area (TPSA) is 89.6 Å². The third-order valence-electron chi connectivity index (χ3n) is 3.66. The molecule has 2 aromatic rings. The average Bonchev–Trinajstić information content (AvgIpc) is 3.08. The van der Waals surface area contributed by atoms with Crippen LogP contribution in [-0.4, -0.2) is 30.6 Å². The molecule has 124 valence electrons. The highest BCUT2D eigenvalue weighted by Gasteiger charge is 2.19. The first kappa shape index (κ1) is 15.8. The predicted molar refractivity (Wildman–Crippen MR) is 85.5 cm³/mol. The van der Waals surface area contributed by atoms with Crippen molar-refractivity contribution in [1.82, 2.24) is 15.6 Å². The van der Waals surface area contributed by atoms with Crippen molar-refractivity contribution in [1.29, 1.82) is 0 Å². The molecule has 1 aromatic heterocycles. The molecule has 2 heterocycles. The third-order valence-corrected chi connectivity index (χ3v) is 3.66. The quantitative estimate of drug-likeness (QED) is 0.739.